The zero-order valence-electron chi connectivity index (χ0n) is 18.1. The molecule has 2 heterocycles. The minimum atomic E-state index is 0. The average molecular weight is 495 g/mol. The number of halogens is 1. The summed E-state index contributed by atoms with van der Waals surface area (Å²) in [5.74, 6) is 1.72. The zero-order chi connectivity index (χ0) is 19.0. The van der Waals surface area contributed by atoms with E-state index in [1.165, 1.54) is 32.5 Å². The van der Waals surface area contributed by atoms with Crippen LogP contribution in [0.5, 0.6) is 0 Å². The first-order valence-corrected chi connectivity index (χ1v) is 10.5. The van der Waals surface area contributed by atoms with Gasteiger partial charge in [0.1, 0.15) is 0 Å². The number of likely N-dealkylation sites (N-methyl/N-ethyl adjacent to an activating group) is 1. The van der Waals surface area contributed by atoms with E-state index in [-0.39, 0.29) is 29.5 Å². The van der Waals surface area contributed by atoms with Gasteiger partial charge in [0, 0.05) is 51.0 Å². The first-order chi connectivity index (χ1) is 12.4. The van der Waals surface area contributed by atoms with Crippen molar-refractivity contribution in [3.8, 4) is 0 Å². The second-order valence-corrected chi connectivity index (χ2v) is 8.54. The first kappa shape index (κ1) is 24.9. The Morgan fingerprint density at radius 3 is 2.37 bits per heavy atom. The number of aliphatic imine (C=N–C) groups is 1. The lowest BCUT2D eigenvalue weighted by atomic mass is 9.89. The molecule has 6 nitrogen and oxygen atoms in total. The largest absolute Gasteiger partial charge is 0.381 e. The minimum Gasteiger partial charge on any atom is -0.381 e. The lowest BCUT2D eigenvalue weighted by molar-refractivity contribution is -0.00256. The molecule has 0 amide bonds. The van der Waals surface area contributed by atoms with Gasteiger partial charge >= 0.3 is 0 Å². The van der Waals surface area contributed by atoms with Gasteiger partial charge in [-0.3, -0.25) is 4.99 Å². The van der Waals surface area contributed by atoms with E-state index in [1.54, 1.807) is 0 Å². The van der Waals surface area contributed by atoms with Gasteiger partial charge in [0.25, 0.3) is 0 Å². The van der Waals surface area contributed by atoms with Crippen LogP contribution in [0.15, 0.2) is 4.99 Å². The summed E-state index contributed by atoms with van der Waals surface area (Å²) < 4.78 is 5.58. The summed E-state index contributed by atoms with van der Waals surface area (Å²) in [4.78, 5) is 9.91. The molecule has 0 atom stereocenters. The van der Waals surface area contributed by atoms with Crippen LogP contribution in [0.4, 0.5) is 0 Å². The van der Waals surface area contributed by atoms with Crippen LogP contribution in [0.3, 0.4) is 0 Å². The standard InChI is InChI=1S/C20H41N5O.HI/c1-6-21-19(22-16-20(24(4)5)9-13-26-14-10-20)23-18-7-11-25(12-8-18)15-17(2)3;/h17-18H,6-16H2,1-5H3,(H2,21,22,23);1H. The molecule has 7 heteroatoms. The van der Waals surface area contributed by atoms with Crippen LogP contribution in [-0.4, -0.2) is 87.4 Å². The Hall–Kier alpha value is -0.120. The van der Waals surface area contributed by atoms with Crippen molar-refractivity contribution in [3.05, 3.63) is 0 Å². The summed E-state index contributed by atoms with van der Waals surface area (Å²) in [7, 11) is 4.34. The molecule has 0 aromatic carbocycles. The molecule has 0 aromatic heterocycles. The summed E-state index contributed by atoms with van der Waals surface area (Å²) in [5, 5.41) is 7.13. The molecule has 0 bridgehead atoms. The van der Waals surface area contributed by atoms with Crippen LogP contribution >= 0.6 is 24.0 Å². The van der Waals surface area contributed by atoms with Crippen LogP contribution in [0.25, 0.3) is 0 Å². The maximum absolute atomic E-state index is 5.58. The topological polar surface area (TPSA) is 52.1 Å². The van der Waals surface area contributed by atoms with Gasteiger partial charge < -0.3 is 25.2 Å². The van der Waals surface area contributed by atoms with Crippen molar-refractivity contribution in [2.45, 2.75) is 58.0 Å². The maximum Gasteiger partial charge on any atom is 0.191 e. The normalized spacial score (nSPS) is 22.0. The van der Waals surface area contributed by atoms with Gasteiger partial charge in [0.05, 0.1) is 6.54 Å². The second kappa shape index (κ2) is 12.4. The number of nitrogens with one attached hydrogen (secondary N) is 2. The zero-order valence-corrected chi connectivity index (χ0v) is 20.4. The van der Waals surface area contributed by atoms with E-state index >= 15 is 0 Å². The Labute approximate surface area is 183 Å². The second-order valence-electron chi connectivity index (χ2n) is 8.54. The summed E-state index contributed by atoms with van der Waals surface area (Å²) in [5.41, 5.74) is 0.126. The van der Waals surface area contributed by atoms with E-state index < -0.39 is 0 Å². The number of hydrogen-bond acceptors (Lipinski definition) is 4. The number of piperidine rings is 1. The van der Waals surface area contributed by atoms with Crippen LogP contribution < -0.4 is 10.6 Å². The Balaban J connectivity index is 0.00000364. The first-order valence-electron chi connectivity index (χ1n) is 10.5. The van der Waals surface area contributed by atoms with Gasteiger partial charge in [-0.15, -0.1) is 24.0 Å². The van der Waals surface area contributed by atoms with Gasteiger partial charge in [0.15, 0.2) is 5.96 Å². The molecule has 0 radical (unpaired) electrons. The van der Waals surface area contributed by atoms with Crippen molar-refractivity contribution in [1.82, 2.24) is 20.4 Å². The fourth-order valence-corrected chi connectivity index (χ4v) is 4.01. The smallest absolute Gasteiger partial charge is 0.191 e. The molecule has 0 unspecified atom stereocenters. The molecule has 2 fully saturated rings. The summed E-state index contributed by atoms with van der Waals surface area (Å²) >= 11 is 0. The molecule has 2 aliphatic heterocycles. The summed E-state index contributed by atoms with van der Waals surface area (Å²) in [6.07, 6.45) is 4.50. The highest BCUT2D eigenvalue weighted by molar-refractivity contribution is 14.0. The Bertz CT molecular complexity index is 430. The van der Waals surface area contributed by atoms with Gasteiger partial charge in [-0.25, -0.2) is 0 Å². The number of guanidine groups is 1. The molecule has 2 aliphatic rings. The summed E-state index contributed by atoms with van der Waals surface area (Å²) in [6, 6.07) is 0.529. The monoisotopic (exact) mass is 495 g/mol. The predicted octanol–water partition coefficient (Wildman–Crippen LogP) is 2.39. The van der Waals surface area contributed by atoms with Crippen molar-refractivity contribution in [1.29, 1.82) is 0 Å². The Kier molecular flexibility index (Phi) is 11.5. The van der Waals surface area contributed by atoms with Crippen molar-refractivity contribution in [3.63, 3.8) is 0 Å². The summed E-state index contributed by atoms with van der Waals surface area (Å²) in [6.45, 7) is 13.7. The van der Waals surface area contributed by atoms with Gasteiger partial charge in [0.2, 0.25) is 0 Å². The third-order valence-corrected chi connectivity index (χ3v) is 5.80. The molecule has 0 aliphatic carbocycles. The highest BCUT2D eigenvalue weighted by Gasteiger charge is 2.34. The highest BCUT2D eigenvalue weighted by atomic mass is 127. The molecular formula is C20H42IN5O. The number of rotatable bonds is 7. The van der Waals surface area contributed by atoms with E-state index in [2.05, 4.69) is 55.3 Å². The molecule has 160 valence electrons. The van der Waals surface area contributed by atoms with Crippen LogP contribution in [0.2, 0.25) is 0 Å². The van der Waals surface area contributed by atoms with Crippen molar-refractivity contribution < 1.29 is 4.74 Å². The maximum atomic E-state index is 5.58. The molecule has 0 aromatic rings. The van der Waals surface area contributed by atoms with Crippen molar-refractivity contribution in [2.24, 2.45) is 10.9 Å². The van der Waals surface area contributed by atoms with Gasteiger partial charge in [-0.2, -0.15) is 0 Å². The fraction of sp³-hybridized carbons (Fsp3) is 0.950. The minimum absolute atomic E-state index is 0. The van der Waals surface area contributed by atoms with E-state index in [1.807, 2.05) is 0 Å². The lowest BCUT2D eigenvalue weighted by Gasteiger charge is -2.42. The molecule has 0 saturated carbocycles. The van der Waals surface area contributed by atoms with Crippen molar-refractivity contribution >= 4 is 29.9 Å². The molecular weight excluding hydrogens is 453 g/mol. The van der Waals surface area contributed by atoms with Gasteiger partial charge in [-0.05, 0) is 52.6 Å². The third kappa shape index (κ3) is 8.03. The van der Waals surface area contributed by atoms with Crippen LogP contribution in [0, 0.1) is 5.92 Å². The Morgan fingerprint density at radius 1 is 1.22 bits per heavy atom. The quantitative estimate of drug-likeness (QED) is 0.323. The van der Waals surface area contributed by atoms with E-state index in [0.717, 1.165) is 51.0 Å². The lowest BCUT2D eigenvalue weighted by Crippen LogP contribution is -2.53. The molecule has 2 N–H and O–H groups in total. The molecule has 2 saturated heterocycles. The van der Waals surface area contributed by atoms with E-state index in [9.17, 15) is 0 Å². The third-order valence-electron chi connectivity index (χ3n) is 5.80. The van der Waals surface area contributed by atoms with Crippen LogP contribution in [-0.2, 0) is 4.74 Å². The van der Waals surface area contributed by atoms with Crippen molar-refractivity contribution in [2.75, 3.05) is 60.0 Å². The van der Waals surface area contributed by atoms with Gasteiger partial charge in [-0.1, -0.05) is 13.8 Å². The fourth-order valence-electron chi connectivity index (χ4n) is 4.01. The molecule has 0 spiro atoms. The Morgan fingerprint density at radius 2 is 1.85 bits per heavy atom. The molecule has 2 rings (SSSR count). The number of likely N-dealkylation sites (tertiary alicyclic amines) is 1. The number of hydrogen-bond donors (Lipinski definition) is 2. The molecule has 27 heavy (non-hydrogen) atoms. The van der Waals surface area contributed by atoms with Crippen LogP contribution in [0.1, 0.15) is 46.5 Å². The number of ether oxygens (including phenoxy) is 1. The van der Waals surface area contributed by atoms with E-state index in [0.29, 0.717) is 6.04 Å². The predicted molar refractivity (Wildman–Crippen MR) is 125 cm³/mol. The average Bonchev–Trinajstić information content (AvgIpc) is 2.62. The number of nitrogens with zero attached hydrogens (tertiary/aromatic N) is 3. The van der Waals surface area contributed by atoms with E-state index in [4.69, 9.17) is 9.73 Å². The SMILES string of the molecule is CCNC(=NCC1(N(C)C)CCOCC1)NC1CCN(CC(C)C)CC1.I. The highest BCUT2D eigenvalue weighted by Crippen LogP contribution is 2.26.